The first-order valence-corrected chi connectivity index (χ1v) is 15.5. The zero-order chi connectivity index (χ0) is 29.1. The van der Waals surface area contributed by atoms with Gasteiger partial charge in [-0.2, -0.15) is 8.42 Å². The van der Waals surface area contributed by atoms with E-state index in [9.17, 15) is 22.8 Å². The molecule has 0 bridgehead atoms. The number of hydrogen-bond acceptors (Lipinski definition) is 7. The Hall–Kier alpha value is -2.34. The van der Waals surface area contributed by atoms with E-state index in [1.54, 1.807) is 27.7 Å². The molecular formula is C27H46N4O7S. The molecule has 3 N–H and O–H groups in total. The fourth-order valence-electron chi connectivity index (χ4n) is 4.92. The maximum absolute atomic E-state index is 13.8. The highest BCUT2D eigenvalue weighted by Gasteiger charge is 2.50. The third-order valence-electron chi connectivity index (χ3n) is 7.42. The number of ether oxygens (including phenoxy) is 1. The van der Waals surface area contributed by atoms with E-state index in [1.165, 1.54) is 4.90 Å². The average molecular weight is 571 g/mol. The number of carbonyl (C=O) groups is 3. The summed E-state index contributed by atoms with van der Waals surface area (Å²) in [5.74, 6) is -0.789. The zero-order valence-electron chi connectivity index (χ0n) is 24.1. The molecule has 0 spiro atoms. The van der Waals surface area contributed by atoms with Crippen molar-refractivity contribution in [3.63, 3.8) is 0 Å². The number of nitrogens with one attached hydrogen (secondary N) is 3. The van der Waals surface area contributed by atoms with Gasteiger partial charge in [0.25, 0.3) is 0 Å². The zero-order valence-corrected chi connectivity index (χ0v) is 24.9. The van der Waals surface area contributed by atoms with Crippen molar-refractivity contribution in [3.05, 3.63) is 12.3 Å². The molecule has 0 radical (unpaired) electrons. The minimum absolute atomic E-state index is 0.0431. The Morgan fingerprint density at radius 3 is 2.21 bits per heavy atom. The molecule has 0 aromatic rings. The van der Waals surface area contributed by atoms with Crippen molar-refractivity contribution in [2.24, 2.45) is 5.92 Å². The fraction of sp³-hybridized carbons (Fsp3) is 0.815. The molecule has 0 aromatic carbocycles. The molecule has 0 unspecified atom stereocenters. The number of nitrogens with zero attached hydrogens (tertiary/aromatic N) is 1. The lowest BCUT2D eigenvalue weighted by Crippen LogP contribution is -2.56. The van der Waals surface area contributed by atoms with Gasteiger partial charge in [-0.15, -0.1) is 0 Å². The second kappa shape index (κ2) is 12.0. The number of rotatable bonds is 13. The van der Waals surface area contributed by atoms with Crippen molar-refractivity contribution >= 4 is 28.2 Å². The maximum atomic E-state index is 13.8. The Balaban J connectivity index is 1.66. The van der Waals surface area contributed by atoms with E-state index in [2.05, 4.69) is 21.9 Å². The topological polar surface area (TPSA) is 143 Å². The lowest BCUT2D eigenvalue weighted by atomic mass is 9.83. The lowest BCUT2D eigenvalue weighted by Gasteiger charge is -2.34. The van der Waals surface area contributed by atoms with E-state index in [1.807, 2.05) is 6.92 Å². The molecule has 11 nitrogen and oxygen atoms in total. The summed E-state index contributed by atoms with van der Waals surface area (Å²) in [4.78, 5) is 41.0. The Labute approximate surface area is 233 Å². The molecule has 0 heterocycles. The van der Waals surface area contributed by atoms with Gasteiger partial charge in [0.2, 0.25) is 11.8 Å². The summed E-state index contributed by atoms with van der Waals surface area (Å²) < 4.78 is 37.8. The minimum Gasteiger partial charge on any atom is -0.444 e. The summed E-state index contributed by atoms with van der Waals surface area (Å²) in [6.07, 6.45) is 6.97. The summed E-state index contributed by atoms with van der Waals surface area (Å²) in [6.45, 7) is 12.9. The van der Waals surface area contributed by atoms with Crippen LogP contribution in [0.15, 0.2) is 12.3 Å². The van der Waals surface area contributed by atoms with E-state index in [0.717, 1.165) is 32.1 Å². The smallest absolute Gasteiger partial charge is 0.408 e. The van der Waals surface area contributed by atoms with E-state index in [0.29, 0.717) is 38.6 Å². The summed E-state index contributed by atoms with van der Waals surface area (Å²) in [6, 6.07) is -0.794. The first kappa shape index (κ1) is 31.2. The molecule has 1 atom stereocenters. The van der Waals surface area contributed by atoms with Gasteiger partial charge in [-0.05, 0) is 78.6 Å². The van der Waals surface area contributed by atoms with Gasteiger partial charge in [-0.25, -0.2) is 8.98 Å². The van der Waals surface area contributed by atoms with Gasteiger partial charge in [0.05, 0.1) is 17.7 Å². The Morgan fingerprint density at radius 1 is 1.08 bits per heavy atom. The number of hydrogen-bond donors (Lipinski definition) is 3. The van der Waals surface area contributed by atoms with Gasteiger partial charge >= 0.3 is 16.4 Å². The molecule has 3 aliphatic carbocycles. The van der Waals surface area contributed by atoms with Gasteiger partial charge in [-0.3, -0.25) is 14.3 Å². The molecule has 39 heavy (non-hydrogen) atoms. The predicted octanol–water partition coefficient (Wildman–Crippen LogP) is 3.26. The van der Waals surface area contributed by atoms with Crippen LogP contribution < -0.4 is 15.4 Å². The van der Waals surface area contributed by atoms with Crippen molar-refractivity contribution in [3.8, 4) is 0 Å². The Bertz CT molecular complexity index is 1040. The van der Waals surface area contributed by atoms with Gasteiger partial charge in [0, 0.05) is 12.2 Å². The monoisotopic (exact) mass is 570 g/mol. The fourth-order valence-corrected chi connectivity index (χ4v) is 6.15. The predicted molar refractivity (Wildman–Crippen MR) is 147 cm³/mol. The molecule has 3 aliphatic rings. The highest BCUT2D eigenvalue weighted by Crippen LogP contribution is 2.42. The second-order valence-electron chi connectivity index (χ2n) is 12.5. The van der Waals surface area contributed by atoms with Crippen LogP contribution in [0.1, 0.15) is 98.8 Å². The van der Waals surface area contributed by atoms with E-state index >= 15 is 0 Å². The Morgan fingerprint density at radius 2 is 1.69 bits per heavy atom. The molecular weight excluding hydrogens is 524 g/mol. The van der Waals surface area contributed by atoms with Gasteiger partial charge < -0.3 is 20.3 Å². The molecule has 0 saturated heterocycles. The largest absolute Gasteiger partial charge is 0.444 e. The van der Waals surface area contributed by atoms with Gasteiger partial charge in [0.1, 0.15) is 11.6 Å². The molecule has 3 rings (SSSR count). The van der Waals surface area contributed by atoms with Crippen molar-refractivity contribution in [1.29, 1.82) is 0 Å². The molecule has 3 saturated carbocycles. The van der Waals surface area contributed by atoms with Crippen molar-refractivity contribution in [2.45, 2.75) is 122 Å². The van der Waals surface area contributed by atoms with Gasteiger partial charge in [0.15, 0.2) is 0 Å². The van der Waals surface area contributed by atoms with Crippen LogP contribution in [0, 0.1) is 5.92 Å². The van der Waals surface area contributed by atoms with Crippen molar-refractivity contribution < 1.29 is 31.7 Å². The van der Waals surface area contributed by atoms with Crippen LogP contribution in [0.3, 0.4) is 0 Å². The minimum atomic E-state index is -4.07. The third-order valence-corrected chi connectivity index (χ3v) is 8.54. The highest BCUT2D eigenvalue weighted by molar-refractivity contribution is 7.84. The number of amides is 3. The van der Waals surface area contributed by atoms with Crippen LogP contribution in [0.25, 0.3) is 0 Å². The van der Waals surface area contributed by atoms with Crippen LogP contribution >= 0.6 is 0 Å². The van der Waals surface area contributed by atoms with Crippen LogP contribution in [0.2, 0.25) is 0 Å². The number of carbonyl (C=O) groups excluding carboxylic acids is 3. The second-order valence-corrected chi connectivity index (χ2v) is 13.8. The lowest BCUT2D eigenvalue weighted by molar-refractivity contribution is -0.139. The summed E-state index contributed by atoms with van der Waals surface area (Å²) >= 11 is 0. The maximum Gasteiger partial charge on any atom is 0.408 e. The summed E-state index contributed by atoms with van der Waals surface area (Å²) in [5.41, 5.74) is -2.18. The quantitative estimate of drug-likeness (QED) is 0.308. The van der Waals surface area contributed by atoms with Crippen LogP contribution in [0.5, 0.6) is 0 Å². The summed E-state index contributed by atoms with van der Waals surface area (Å²) in [5, 5.41) is 5.67. The molecule has 12 heteroatoms. The summed E-state index contributed by atoms with van der Waals surface area (Å²) in [7, 11) is -4.07. The van der Waals surface area contributed by atoms with Crippen molar-refractivity contribution in [2.75, 3.05) is 13.1 Å². The van der Waals surface area contributed by atoms with Crippen LogP contribution in [-0.2, 0) is 28.8 Å². The average Bonchev–Trinajstić information content (AvgIpc) is 3.74. The molecule has 3 amide bonds. The van der Waals surface area contributed by atoms with E-state index in [4.69, 9.17) is 8.92 Å². The van der Waals surface area contributed by atoms with Crippen molar-refractivity contribution in [1.82, 2.24) is 20.3 Å². The van der Waals surface area contributed by atoms with E-state index in [-0.39, 0.29) is 24.1 Å². The first-order chi connectivity index (χ1) is 18.1. The number of alkyl carbamates (subject to hydrolysis) is 1. The normalized spacial score (nSPS) is 20.7. The SMILES string of the molecule is C=C(NS(=O)(=O)OC1(C)CC1)C1(NC(=O)CN(CCC)C(=O)[C@@H](NC(=O)OC(C)(C)C)C2CCCCC2)CC1. The van der Waals surface area contributed by atoms with Gasteiger partial charge in [-0.1, -0.05) is 32.8 Å². The Kier molecular flexibility index (Phi) is 9.63. The highest BCUT2D eigenvalue weighted by atomic mass is 32.2. The molecule has 222 valence electrons. The third kappa shape index (κ3) is 9.37. The van der Waals surface area contributed by atoms with E-state index < -0.39 is 45.1 Å². The first-order valence-electron chi connectivity index (χ1n) is 14.1. The van der Waals surface area contributed by atoms with Crippen LogP contribution in [0.4, 0.5) is 4.79 Å². The molecule has 0 aromatic heterocycles. The molecule has 3 fully saturated rings. The molecule has 0 aliphatic heterocycles. The van der Waals surface area contributed by atoms with Crippen LogP contribution in [-0.4, -0.2) is 67.1 Å². The standard InChI is InChI=1S/C27H46N4O7S/c1-7-17-31(23(33)22(20-11-9-8-10-12-20)28-24(34)37-25(3,4)5)18-21(32)29-27(15-16-27)19(2)30-39(35,36)38-26(6)13-14-26/h20,22,30H,2,7-18H2,1,3-6H3,(H,28,34)(H,29,32)/t22-/m0/s1.